The molecule has 0 radical (unpaired) electrons. The van der Waals surface area contributed by atoms with Gasteiger partial charge in [-0.3, -0.25) is 0 Å². The summed E-state index contributed by atoms with van der Waals surface area (Å²) in [6.45, 7) is 0. The highest BCUT2D eigenvalue weighted by atomic mass is 127. The lowest BCUT2D eigenvalue weighted by Gasteiger charge is -2.09. The van der Waals surface area contributed by atoms with Gasteiger partial charge in [-0.25, -0.2) is 4.68 Å². The van der Waals surface area contributed by atoms with E-state index in [9.17, 15) is 13.2 Å². The van der Waals surface area contributed by atoms with Gasteiger partial charge >= 0.3 is 6.18 Å². The van der Waals surface area contributed by atoms with Crippen molar-refractivity contribution >= 4 is 34.2 Å². The maximum Gasteiger partial charge on any atom is 0.416 e. The van der Waals surface area contributed by atoms with Crippen molar-refractivity contribution in [2.24, 2.45) is 0 Å². The molecule has 1 aromatic heterocycles. The van der Waals surface area contributed by atoms with E-state index in [4.69, 9.17) is 11.6 Å². The van der Waals surface area contributed by atoms with Crippen molar-refractivity contribution in [3.63, 3.8) is 0 Å². The maximum absolute atomic E-state index is 12.8. The van der Waals surface area contributed by atoms with Gasteiger partial charge in [0.25, 0.3) is 0 Å². The number of halogens is 5. The third kappa shape index (κ3) is 3.53. The van der Waals surface area contributed by atoms with E-state index in [-0.39, 0.29) is 0 Å². The normalized spacial score (nSPS) is 11.7. The first-order chi connectivity index (χ1) is 10.8. The Labute approximate surface area is 149 Å². The summed E-state index contributed by atoms with van der Waals surface area (Å²) in [5.41, 5.74) is 1.18. The van der Waals surface area contributed by atoms with Gasteiger partial charge in [0.15, 0.2) is 0 Å². The predicted octanol–water partition coefficient (Wildman–Crippen LogP) is 5.82. The Hall–Kier alpha value is -1.54. The Balaban J connectivity index is 2.03. The molecule has 3 aromatic rings. The lowest BCUT2D eigenvalue weighted by molar-refractivity contribution is -0.137. The van der Waals surface area contributed by atoms with Crippen molar-refractivity contribution in [2.45, 2.75) is 6.18 Å². The molecule has 0 N–H and O–H groups in total. The van der Waals surface area contributed by atoms with Gasteiger partial charge < -0.3 is 0 Å². The summed E-state index contributed by atoms with van der Waals surface area (Å²) in [7, 11) is 0. The van der Waals surface area contributed by atoms with E-state index in [1.807, 2.05) is 40.8 Å². The first kappa shape index (κ1) is 16.3. The molecule has 2 aromatic carbocycles. The summed E-state index contributed by atoms with van der Waals surface area (Å²) in [4.78, 5) is 0. The van der Waals surface area contributed by atoms with Crippen LogP contribution in [0.2, 0.25) is 5.02 Å². The molecule has 0 unspecified atom stereocenters. The first-order valence-corrected chi connectivity index (χ1v) is 7.99. The Morgan fingerprint density at radius 2 is 1.70 bits per heavy atom. The van der Waals surface area contributed by atoms with Gasteiger partial charge in [-0.2, -0.15) is 18.3 Å². The van der Waals surface area contributed by atoms with Crippen LogP contribution >= 0.6 is 34.2 Å². The molecular formula is C16H9ClF3IN2. The highest BCUT2D eigenvalue weighted by Gasteiger charge is 2.30. The minimum absolute atomic E-state index is 0.365. The minimum Gasteiger partial charge on any atom is -0.227 e. The van der Waals surface area contributed by atoms with Crippen molar-refractivity contribution < 1.29 is 13.2 Å². The molecular weight excluding hydrogens is 440 g/mol. The second kappa shape index (κ2) is 6.16. The fourth-order valence-electron chi connectivity index (χ4n) is 2.12. The van der Waals surface area contributed by atoms with Crippen molar-refractivity contribution in [3.05, 3.63) is 68.9 Å². The Bertz CT molecular complexity index is 841. The fourth-order valence-corrected chi connectivity index (χ4v) is 2.92. The third-order valence-corrected chi connectivity index (χ3v) is 4.24. The maximum atomic E-state index is 12.8. The van der Waals surface area contributed by atoms with Crippen LogP contribution in [0.25, 0.3) is 16.9 Å². The van der Waals surface area contributed by atoms with E-state index in [1.165, 1.54) is 10.7 Å². The second-order valence-electron chi connectivity index (χ2n) is 4.82. The molecule has 0 spiro atoms. The van der Waals surface area contributed by atoms with Crippen LogP contribution in [0.1, 0.15) is 5.56 Å². The van der Waals surface area contributed by atoms with E-state index >= 15 is 0 Å². The third-order valence-electron chi connectivity index (χ3n) is 3.22. The van der Waals surface area contributed by atoms with Crippen LogP contribution in [-0.4, -0.2) is 9.78 Å². The molecule has 0 aliphatic heterocycles. The van der Waals surface area contributed by atoms with Crippen LogP contribution in [0.4, 0.5) is 13.2 Å². The zero-order valence-electron chi connectivity index (χ0n) is 11.5. The van der Waals surface area contributed by atoms with Crippen LogP contribution in [0.15, 0.2) is 54.6 Å². The lowest BCUT2D eigenvalue weighted by Crippen LogP contribution is -2.07. The van der Waals surface area contributed by atoms with Crippen molar-refractivity contribution in [3.8, 4) is 16.9 Å². The number of hydrogen-bond acceptors (Lipinski definition) is 1. The van der Waals surface area contributed by atoms with Crippen LogP contribution in [0.5, 0.6) is 0 Å². The summed E-state index contributed by atoms with van der Waals surface area (Å²) in [6.07, 6.45) is -4.38. The van der Waals surface area contributed by atoms with Gasteiger partial charge in [0.2, 0.25) is 0 Å². The molecule has 118 valence electrons. The summed E-state index contributed by atoms with van der Waals surface area (Å²) in [5.74, 6) is 0. The number of benzene rings is 2. The molecule has 0 saturated heterocycles. The van der Waals surface area contributed by atoms with Gasteiger partial charge in [-0.15, -0.1) is 0 Å². The topological polar surface area (TPSA) is 17.8 Å². The molecule has 23 heavy (non-hydrogen) atoms. The van der Waals surface area contributed by atoms with Crippen LogP contribution in [0, 0.1) is 3.70 Å². The van der Waals surface area contributed by atoms with Gasteiger partial charge in [0, 0.05) is 10.6 Å². The zero-order chi connectivity index (χ0) is 16.6. The van der Waals surface area contributed by atoms with E-state index in [0.717, 1.165) is 17.7 Å². The van der Waals surface area contributed by atoms with Gasteiger partial charge in [0.1, 0.15) is 3.70 Å². The van der Waals surface area contributed by atoms with Gasteiger partial charge in [0.05, 0.1) is 16.9 Å². The van der Waals surface area contributed by atoms with E-state index in [1.54, 1.807) is 18.2 Å². The Kier molecular flexibility index (Phi) is 4.37. The highest BCUT2D eigenvalue weighted by molar-refractivity contribution is 14.1. The van der Waals surface area contributed by atoms with Gasteiger partial charge in [-0.1, -0.05) is 29.8 Å². The fraction of sp³-hybridized carbons (Fsp3) is 0.0625. The standard InChI is InChI=1S/C16H9ClF3IN2/c17-12-6-4-10(5-7-12)14-9-15(21)23(22-14)13-3-1-2-11(8-13)16(18,19)20/h1-9H. The summed E-state index contributed by atoms with van der Waals surface area (Å²) >= 11 is 7.90. The van der Waals surface area contributed by atoms with Crippen molar-refractivity contribution in [1.82, 2.24) is 9.78 Å². The predicted molar refractivity (Wildman–Crippen MR) is 91.7 cm³/mol. The largest absolute Gasteiger partial charge is 0.416 e. The summed E-state index contributed by atoms with van der Waals surface area (Å²) in [6, 6.07) is 14.0. The summed E-state index contributed by atoms with van der Waals surface area (Å²) < 4.78 is 40.7. The average molecular weight is 449 g/mol. The molecule has 0 aliphatic rings. The highest BCUT2D eigenvalue weighted by Crippen LogP contribution is 2.31. The Morgan fingerprint density at radius 3 is 2.35 bits per heavy atom. The number of nitrogens with zero attached hydrogens (tertiary/aromatic N) is 2. The minimum atomic E-state index is -4.38. The van der Waals surface area contributed by atoms with Crippen LogP contribution < -0.4 is 0 Å². The molecule has 0 amide bonds. The van der Waals surface area contributed by atoms with Crippen molar-refractivity contribution in [2.75, 3.05) is 0 Å². The van der Waals surface area contributed by atoms with Crippen LogP contribution in [-0.2, 0) is 6.18 Å². The second-order valence-corrected chi connectivity index (χ2v) is 6.36. The van der Waals surface area contributed by atoms with E-state index < -0.39 is 11.7 Å². The lowest BCUT2D eigenvalue weighted by atomic mass is 10.2. The molecule has 7 heteroatoms. The molecule has 0 saturated carbocycles. The number of aromatic nitrogens is 2. The quantitative estimate of drug-likeness (QED) is 0.452. The smallest absolute Gasteiger partial charge is 0.227 e. The SMILES string of the molecule is FC(F)(F)c1cccc(-n2nc(-c3ccc(Cl)cc3)cc2I)c1. The molecule has 2 nitrogen and oxygen atoms in total. The molecule has 0 aliphatic carbocycles. The van der Waals surface area contributed by atoms with E-state index in [2.05, 4.69) is 5.10 Å². The summed E-state index contributed by atoms with van der Waals surface area (Å²) in [5, 5.41) is 5.01. The molecule has 0 bridgehead atoms. The Morgan fingerprint density at radius 1 is 1.00 bits per heavy atom. The van der Waals surface area contributed by atoms with E-state index in [0.29, 0.717) is 20.1 Å². The molecule has 0 atom stereocenters. The van der Waals surface area contributed by atoms with Gasteiger partial charge in [-0.05, 0) is 59.0 Å². The number of hydrogen-bond donors (Lipinski definition) is 0. The van der Waals surface area contributed by atoms with Crippen molar-refractivity contribution in [1.29, 1.82) is 0 Å². The van der Waals surface area contributed by atoms with Crippen LogP contribution in [0.3, 0.4) is 0 Å². The monoisotopic (exact) mass is 448 g/mol. The average Bonchev–Trinajstić information content (AvgIpc) is 2.89. The molecule has 0 fully saturated rings. The number of rotatable bonds is 2. The number of alkyl halides is 3. The molecule has 3 rings (SSSR count). The first-order valence-electron chi connectivity index (χ1n) is 6.54. The zero-order valence-corrected chi connectivity index (χ0v) is 14.4. The molecule has 1 heterocycles.